The molecule has 1 amide bonds. The molecule has 0 radical (unpaired) electrons. The second-order valence-corrected chi connectivity index (χ2v) is 8.13. The van der Waals surface area contributed by atoms with Crippen molar-refractivity contribution in [1.29, 1.82) is 0 Å². The Hall–Kier alpha value is -2.71. The van der Waals surface area contributed by atoms with Crippen LogP contribution in [0.25, 0.3) is 0 Å². The number of carboxylic acid groups (broad SMARTS) is 2. The number of carbonyl (C=O) groups excluding carboxylic acids is 1. The molecule has 0 aliphatic carbocycles. The zero-order chi connectivity index (χ0) is 21.0. The molecule has 3 atom stereocenters. The Morgan fingerprint density at radius 2 is 1.93 bits per heavy atom. The van der Waals surface area contributed by atoms with E-state index in [-0.39, 0.29) is 0 Å². The summed E-state index contributed by atoms with van der Waals surface area (Å²) in [5.41, 5.74) is 1.67. The largest absolute Gasteiger partial charge is 0.480 e. The van der Waals surface area contributed by atoms with Gasteiger partial charge in [0.25, 0.3) is 0 Å². The van der Waals surface area contributed by atoms with Crippen LogP contribution in [-0.4, -0.2) is 51.6 Å². The molecule has 2 heterocycles. The normalized spacial score (nSPS) is 18.0. The fraction of sp³-hybridized carbons (Fsp3) is 0.381. The van der Waals surface area contributed by atoms with Gasteiger partial charge in [-0.25, -0.2) is 4.79 Å². The highest BCUT2D eigenvalue weighted by molar-refractivity contribution is 7.10. The van der Waals surface area contributed by atoms with Crippen LogP contribution in [0.5, 0.6) is 0 Å². The highest BCUT2D eigenvalue weighted by Gasteiger charge is 2.38. The Morgan fingerprint density at radius 3 is 2.59 bits per heavy atom. The molecule has 1 aliphatic rings. The number of carbonyl (C=O) groups is 3. The summed E-state index contributed by atoms with van der Waals surface area (Å²) in [6.07, 6.45) is 1.49. The Kier molecular flexibility index (Phi) is 6.66. The lowest BCUT2D eigenvalue weighted by atomic mass is 9.98. The number of hydrogen-bond acceptors (Lipinski definition) is 5. The first kappa shape index (κ1) is 21.0. The second-order valence-electron chi connectivity index (χ2n) is 7.12. The van der Waals surface area contributed by atoms with E-state index in [1.165, 1.54) is 16.2 Å². The summed E-state index contributed by atoms with van der Waals surface area (Å²) in [5.74, 6) is -2.52. The molecule has 7 nitrogen and oxygen atoms in total. The SMILES string of the molecule is CC(NC(CCc1ccccc1)C(=O)O)C(=O)N1CCc2sccc2C1C(=O)O. The number of carboxylic acids is 2. The molecule has 3 N–H and O–H groups in total. The first-order valence-electron chi connectivity index (χ1n) is 9.50. The van der Waals surface area contributed by atoms with Crippen LogP contribution in [0.2, 0.25) is 0 Å². The molecule has 0 bridgehead atoms. The number of nitrogens with zero attached hydrogens (tertiary/aromatic N) is 1. The number of hydrogen-bond donors (Lipinski definition) is 3. The molecular weight excluding hydrogens is 392 g/mol. The van der Waals surface area contributed by atoms with Crippen LogP contribution in [0.4, 0.5) is 0 Å². The molecule has 154 valence electrons. The third kappa shape index (κ3) is 4.83. The minimum atomic E-state index is -1.08. The highest BCUT2D eigenvalue weighted by Crippen LogP contribution is 2.33. The smallest absolute Gasteiger partial charge is 0.331 e. The molecule has 3 rings (SSSR count). The fourth-order valence-electron chi connectivity index (χ4n) is 3.68. The Morgan fingerprint density at radius 1 is 1.21 bits per heavy atom. The summed E-state index contributed by atoms with van der Waals surface area (Å²) in [6, 6.07) is 8.54. The third-order valence-electron chi connectivity index (χ3n) is 5.17. The first-order valence-corrected chi connectivity index (χ1v) is 10.4. The predicted octanol–water partition coefficient (Wildman–Crippen LogP) is 2.32. The number of amides is 1. The van der Waals surface area contributed by atoms with Crippen LogP contribution < -0.4 is 5.32 Å². The maximum atomic E-state index is 13.0. The average Bonchev–Trinajstić information content (AvgIpc) is 3.18. The van der Waals surface area contributed by atoms with Crippen LogP contribution in [0, 0.1) is 0 Å². The molecule has 29 heavy (non-hydrogen) atoms. The summed E-state index contributed by atoms with van der Waals surface area (Å²) >= 11 is 1.49. The molecule has 0 saturated carbocycles. The van der Waals surface area contributed by atoms with Gasteiger partial charge < -0.3 is 15.1 Å². The van der Waals surface area contributed by atoms with Gasteiger partial charge >= 0.3 is 11.9 Å². The van der Waals surface area contributed by atoms with Crippen molar-refractivity contribution in [2.75, 3.05) is 6.54 Å². The molecule has 0 saturated heterocycles. The molecule has 0 spiro atoms. The van der Waals surface area contributed by atoms with Crippen molar-refractivity contribution in [2.24, 2.45) is 0 Å². The second kappa shape index (κ2) is 9.19. The van der Waals surface area contributed by atoms with E-state index < -0.39 is 36.0 Å². The van der Waals surface area contributed by atoms with E-state index >= 15 is 0 Å². The highest BCUT2D eigenvalue weighted by atomic mass is 32.1. The zero-order valence-corrected chi connectivity index (χ0v) is 16.9. The summed E-state index contributed by atoms with van der Waals surface area (Å²) in [6.45, 7) is 1.89. The molecule has 1 aromatic heterocycles. The van der Waals surface area contributed by atoms with Crippen molar-refractivity contribution in [1.82, 2.24) is 10.2 Å². The molecule has 2 aromatic rings. The van der Waals surface area contributed by atoms with Gasteiger partial charge in [0, 0.05) is 11.4 Å². The van der Waals surface area contributed by atoms with Crippen LogP contribution in [0.3, 0.4) is 0 Å². The minimum absolute atomic E-state index is 0.303. The monoisotopic (exact) mass is 416 g/mol. The van der Waals surface area contributed by atoms with Crippen LogP contribution in [-0.2, 0) is 27.2 Å². The van der Waals surface area contributed by atoms with Crippen molar-refractivity contribution in [2.45, 2.75) is 44.3 Å². The summed E-state index contributed by atoms with van der Waals surface area (Å²) in [5, 5.41) is 23.9. The van der Waals surface area contributed by atoms with Crippen molar-refractivity contribution in [3.8, 4) is 0 Å². The van der Waals surface area contributed by atoms with Gasteiger partial charge in [-0.2, -0.15) is 0 Å². The first-order chi connectivity index (χ1) is 13.9. The average molecular weight is 416 g/mol. The molecular formula is C21H24N2O5S. The fourth-order valence-corrected chi connectivity index (χ4v) is 4.58. The standard InChI is InChI=1S/C21H24N2O5S/c1-13(22-16(20(25)26)8-7-14-5-3-2-4-6-14)19(24)23-11-9-17-15(10-12-29-17)18(23)21(27)28/h2-6,10,12-13,16,18,22H,7-9,11H2,1H3,(H,25,26)(H,27,28). The van der Waals surface area contributed by atoms with Gasteiger partial charge in [-0.3, -0.25) is 14.9 Å². The third-order valence-corrected chi connectivity index (χ3v) is 6.16. The van der Waals surface area contributed by atoms with Gasteiger partial charge in [0.1, 0.15) is 6.04 Å². The van der Waals surface area contributed by atoms with Crippen molar-refractivity contribution >= 4 is 29.2 Å². The topological polar surface area (TPSA) is 107 Å². The van der Waals surface area contributed by atoms with E-state index in [9.17, 15) is 24.6 Å². The van der Waals surface area contributed by atoms with Crippen molar-refractivity contribution < 1.29 is 24.6 Å². The van der Waals surface area contributed by atoms with E-state index in [0.717, 1.165) is 10.4 Å². The van der Waals surface area contributed by atoms with Crippen molar-refractivity contribution in [3.05, 3.63) is 57.8 Å². The quantitative estimate of drug-likeness (QED) is 0.610. The number of aryl methyl sites for hydroxylation is 1. The van der Waals surface area contributed by atoms with Gasteiger partial charge in [0.15, 0.2) is 6.04 Å². The van der Waals surface area contributed by atoms with E-state index in [2.05, 4.69) is 5.32 Å². The van der Waals surface area contributed by atoms with Crippen LogP contribution in [0.15, 0.2) is 41.8 Å². The van der Waals surface area contributed by atoms with Gasteiger partial charge in [-0.05, 0) is 48.8 Å². The van der Waals surface area contributed by atoms with Crippen LogP contribution >= 0.6 is 11.3 Å². The molecule has 0 fully saturated rings. The predicted molar refractivity (Wildman–Crippen MR) is 109 cm³/mol. The van der Waals surface area contributed by atoms with E-state index in [1.807, 2.05) is 35.7 Å². The summed E-state index contributed by atoms with van der Waals surface area (Å²) in [7, 11) is 0. The van der Waals surface area contributed by atoms with Gasteiger partial charge in [-0.15, -0.1) is 11.3 Å². The molecule has 1 aromatic carbocycles. The number of thiophene rings is 1. The summed E-state index contributed by atoms with van der Waals surface area (Å²) < 4.78 is 0. The number of benzene rings is 1. The minimum Gasteiger partial charge on any atom is -0.480 e. The zero-order valence-electron chi connectivity index (χ0n) is 16.1. The summed E-state index contributed by atoms with van der Waals surface area (Å²) in [4.78, 5) is 38.8. The van der Waals surface area contributed by atoms with Gasteiger partial charge in [-0.1, -0.05) is 30.3 Å². The lowest BCUT2D eigenvalue weighted by Gasteiger charge is -2.35. The molecule has 1 aliphatic heterocycles. The Labute approximate surface area is 173 Å². The lowest BCUT2D eigenvalue weighted by molar-refractivity contribution is -0.152. The Balaban J connectivity index is 1.68. The van der Waals surface area contributed by atoms with Crippen LogP contribution in [0.1, 0.15) is 35.4 Å². The van der Waals surface area contributed by atoms with Gasteiger partial charge in [0.05, 0.1) is 6.04 Å². The van der Waals surface area contributed by atoms with Gasteiger partial charge in [0.2, 0.25) is 5.91 Å². The molecule has 3 unspecified atom stereocenters. The molecule has 8 heteroatoms. The number of nitrogens with one attached hydrogen (secondary N) is 1. The Bertz CT molecular complexity index is 882. The number of rotatable bonds is 8. The van der Waals surface area contributed by atoms with E-state index in [1.54, 1.807) is 13.0 Å². The lowest BCUT2D eigenvalue weighted by Crippen LogP contribution is -2.53. The maximum Gasteiger partial charge on any atom is 0.331 e. The van der Waals surface area contributed by atoms with E-state index in [0.29, 0.717) is 31.4 Å². The maximum absolute atomic E-state index is 13.0. The van der Waals surface area contributed by atoms with Crippen molar-refractivity contribution in [3.63, 3.8) is 0 Å². The number of aliphatic carboxylic acids is 2. The number of fused-ring (bicyclic) bond motifs is 1. The van der Waals surface area contributed by atoms with E-state index in [4.69, 9.17) is 0 Å².